The lowest BCUT2D eigenvalue weighted by Crippen LogP contribution is -2.54. The molecule has 0 aromatic rings. The summed E-state index contributed by atoms with van der Waals surface area (Å²) in [6, 6.07) is 1.25. The number of likely N-dealkylation sites (tertiary alicyclic amines) is 1. The Kier molecular flexibility index (Phi) is 8.79. The van der Waals surface area contributed by atoms with E-state index in [9.17, 15) is 0 Å². The predicted molar refractivity (Wildman–Crippen MR) is 199 cm³/mol. The van der Waals surface area contributed by atoms with Gasteiger partial charge in [0.05, 0.1) is 0 Å². The van der Waals surface area contributed by atoms with E-state index in [0.717, 1.165) is 70.8 Å². The summed E-state index contributed by atoms with van der Waals surface area (Å²) in [6.07, 6.45) is 42.1. The first-order valence-corrected chi connectivity index (χ1v) is 21.0. The number of fused-ring (bicyclic) bond motifs is 6. The van der Waals surface area contributed by atoms with Crippen molar-refractivity contribution in [3.05, 3.63) is 60.3 Å². The van der Waals surface area contributed by atoms with E-state index in [1.165, 1.54) is 70.6 Å². The van der Waals surface area contributed by atoms with Crippen LogP contribution in [0, 0.1) is 65.1 Å². The summed E-state index contributed by atoms with van der Waals surface area (Å²) in [5.41, 5.74) is 1.85. The van der Waals surface area contributed by atoms with Crippen LogP contribution in [0.4, 0.5) is 0 Å². The first-order valence-electron chi connectivity index (χ1n) is 20.1. The largest absolute Gasteiger partial charge is 0.272 e. The van der Waals surface area contributed by atoms with Gasteiger partial charge in [-0.15, -0.1) is 11.8 Å². The van der Waals surface area contributed by atoms with Crippen LogP contribution in [0.25, 0.3) is 0 Å². The number of aliphatic imine (C=N–C) groups is 1. The third-order valence-electron chi connectivity index (χ3n) is 15.1. The Bertz CT molecular complexity index is 1340. The molecule has 6 aliphatic carbocycles. The topological polar surface area (TPSA) is 18.8 Å². The molecule has 0 amide bonds. The third-order valence-corrected chi connectivity index (χ3v) is 16.9. The van der Waals surface area contributed by atoms with E-state index in [-0.39, 0.29) is 6.29 Å². The van der Waals surface area contributed by atoms with E-state index in [1.54, 1.807) is 0 Å². The normalized spacial score (nSPS) is 50.9. The van der Waals surface area contributed by atoms with Crippen LogP contribution >= 0.6 is 11.8 Å². The molecule has 15 unspecified atom stereocenters. The molecule has 0 radical (unpaired) electrons. The van der Waals surface area contributed by atoms with Gasteiger partial charge in [-0.05, 0) is 149 Å². The van der Waals surface area contributed by atoms with Gasteiger partial charge in [-0.25, -0.2) is 0 Å². The molecule has 3 nitrogen and oxygen atoms in total. The van der Waals surface area contributed by atoms with Crippen molar-refractivity contribution in [2.45, 2.75) is 120 Å². The van der Waals surface area contributed by atoms with Gasteiger partial charge in [-0.2, -0.15) is 0 Å². The lowest BCUT2D eigenvalue weighted by atomic mass is 9.64. The molecule has 0 bridgehead atoms. The van der Waals surface area contributed by atoms with E-state index in [2.05, 4.69) is 103 Å². The van der Waals surface area contributed by atoms with Gasteiger partial charge in [0, 0.05) is 35.3 Å². The van der Waals surface area contributed by atoms with Crippen LogP contribution in [0.1, 0.15) is 90.9 Å². The summed E-state index contributed by atoms with van der Waals surface area (Å²) >= 11 is 2.39. The van der Waals surface area contributed by atoms with Crippen molar-refractivity contribution in [1.29, 1.82) is 0 Å². The lowest BCUT2D eigenvalue weighted by Gasteiger charge is -2.46. The van der Waals surface area contributed by atoms with Gasteiger partial charge < -0.3 is 0 Å². The van der Waals surface area contributed by atoms with Crippen molar-refractivity contribution in [2.24, 2.45) is 70.1 Å². The van der Waals surface area contributed by atoms with E-state index in [0.29, 0.717) is 29.8 Å². The Balaban J connectivity index is 0.958. The fourth-order valence-corrected chi connectivity index (χ4v) is 14.9. The number of thioether (sulfide) groups is 1. The van der Waals surface area contributed by atoms with Crippen molar-refractivity contribution in [3.8, 4) is 0 Å². The highest BCUT2D eigenvalue weighted by molar-refractivity contribution is 8.01. The van der Waals surface area contributed by atoms with Gasteiger partial charge in [0.25, 0.3) is 0 Å². The van der Waals surface area contributed by atoms with E-state index >= 15 is 0 Å². The third kappa shape index (κ3) is 5.67. The van der Waals surface area contributed by atoms with Crippen LogP contribution in [0.3, 0.4) is 0 Å². The van der Waals surface area contributed by atoms with Gasteiger partial charge in [-0.1, -0.05) is 74.1 Å². The van der Waals surface area contributed by atoms with Crippen molar-refractivity contribution in [2.75, 3.05) is 13.6 Å². The Labute approximate surface area is 290 Å². The fraction of sp³-hybridized carbons (Fsp3) is 0.744. The maximum atomic E-state index is 5.28. The zero-order valence-electron chi connectivity index (χ0n) is 29.5. The summed E-state index contributed by atoms with van der Waals surface area (Å²) in [5.74, 6) is 8.71. The molecule has 0 spiro atoms. The zero-order chi connectivity index (χ0) is 31.6. The molecule has 3 aliphatic heterocycles. The molecule has 3 fully saturated rings. The highest BCUT2D eigenvalue weighted by atomic mass is 32.2. The van der Waals surface area contributed by atoms with E-state index in [4.69, 9.17) is 4.99 Å². The molecule has 0 aromatic heterocycles. The highest BCUT2D eigenvalue weighted by Crippen LogP contribution is 2.59. The van der Waals surface area contributed by atoms with E-state index < -0.39 is 0 Å². The first-order chi connectivity index (χ1) is 23.0. The van der Waals surface area contributed by atoms with Gasteiger partial charge >= 0.3 is 0 Å². The average Bonchev–Trinajstić information content (AvgIpc) is 3.63. The maximum absolute atomic E-state index is 5.28. The van der Waals surface area contributed by atoms with Gasteiger partial charge in [0.2, 0.25) is 0 Å². The van der Waals surface area contributed by atoms with E-state index in [1.807, 2.05) is 5.57 Å². The fourth-order valence-electron chi connectivity index (χ4n) is 12.8. The Morgan fingerprint density at radius 1 is 0.745 bits per heavy atom. The molecule has 254 valence electrons. The van der Waals surface area contributed by atoms with Crippen molar-refractivity contribution in [1.82, 2.24) is 9.80 Å². The summed E-state index contributed by atoms with van der Waals surface area (Å²) in [5, 5.41) is 1.63. The average molecular weight is 652 g/mol. The number of nitrogens with zero attached hydrogens (tertiary/aromatic N) is 3. The van der Waals surface area contributed by atoms with Crippen LogP contribution in [-0.2, 0) is 0 Å². The summed E-state index contributed by atoms with van der Waals surface area (Å²) < 4.78 is 0. The molecule has 16 atom stereocenters. The minimum atomic E-state index is 0.219. The highest BCUT2D eigenvalue weighted by Gasteiger charge is 2.56. The number of hydrogen-bond donors (Lipinski definition) is 0. The molecular weight excluding hydrogens is 591 g/mol. The molecule has 47 heavy (non-hydrogen) atoms. The van der Waals surface area contributed by atoms with Crippen molar-refractivity contribution in [3.63, 3.8) is 0 Å². The monoisotopic (exact) mass is 651 g/mol. The van der Waals surface area contributed by atoms with Gasteiger partial charge in [-0.3, -0.25) is 14.8 Å². The van der Waals surface area contributed by atoms with Gasteiger partial charge in [0.15, 0.2) is 6.29 Å². The minimum absolute atomic E-state index is 0.219. The molecule has 0 aromatic carbocycles. The van der Waals surface area contributed by atoms with Crippen molar-refractivity contribution < 1.29 is 0 Å². The second-order valence-electron chi connectivity index (χ2n) is 17.7. The summed E-state index contributed by atoms with van der Waals surface area (Å²) in [7, 11) is 2.35. The summed E-state index contributed by atoms with van der Waals surface area (Å²) in [4.78, 5) is 10.9. The molecule has 2 saturated heterocycles. The van der Waals surface area contributed by atoms with Gasteiger partial charge in [0.1, 0.15) is 0 Å². The molecule has 3 heterocycles. The molecule has 1 saturated carbocycles. The molecule has 9 aliphatic rings. The molecule has 9 rings (SSSR count). The van der Waals surface area contributed by atoms with Crippen LogP contribution in [0.5, 0.6) is 0 Å². The summed E-state index contributed by atoms with van der Waals surface area (Å²) in [6.45, 7) is 6.17. The van der Waals surface area contributed by atoms with Crippen molar-refractivity contribution >= 4 is 18.0 Å². The maximum Gasteiger partial charge on any atom is 0.158 e. The molecule has 4 heteroatoms. The number of hydrogen-bond acceptors (Lipinski definition) is 4. The molecule has 0 N–H and O–H groups in total. The SMILES string of the molecule is CC1CC(C2=CCC3C4C=CC(C5C=CC(C6CCC=CC6C)CC5)CC4N(C4N=CCCN4C)[C@@H]3C2)C2SC3C=CCCC3C2C1. The standard InChI is InChI=1S/C43H61N3S/c1-27-23-37(42-38(24-27)36-11-6-7-12-41(36)47-42)32-18-20-35-34-19-17-31(29-13-15-30(16-14-29)33-10-5-4-9-28(33)2)25-39(34)46(40(35)26-32)43-44-21-8-22-45(43)3/h4,7,9,12-13,15,17-19,21,27-31,33-43H,5-6,8,10-11,14,16,20,22-26H2,1-3H3/t27?,28?,29?,30?,31?,33?,34?,35?,36?,37?,38?,39?,40-,41?,42?,43?/m1/s1. The zero-order valence-corrected chi connectivity index (χ0v) is 30.3. The smallest absolute Gasteiger partial charge is 0.158 e. The van der Waals surface area contributed by atoms with Crippen LogP contribution < -0.4 is 0 Å². The predicted octanol–water partition coefficient (Wildman–Crippen LogP) is 9.56. The Morgan fingerprint density at radius 2 is 1.55 bits per heavy atom. The quantitative estimate of drug-likeness (QED) is 0.282. The van der Waals surface area contributed by atoms with Crippen LogP contribution in [0.2, 0.25) is 0 Å². The van der Waals surface area contributed by atoms with Crippen LogP contribution in [-0.4, -0.2) is 58.5 Å². The first kappa shape index (κ1) is 31.6. The molecular formula is C43H61N3S. The number of allylic oxidation sites excluding steroid dienone is 7. The van der Waals surface area contributed by atoms with Crippen LogP contribution in [0.15, 0.2) is 65.2 Å². The Morgan fingerprint density at radius 3 is 2.38 bits per heavy atom. The second kappa shape index (κ2) is 13.1. The lowest BCUT2D eigenvalue weighted by molar-refractivity contribution is 0.00684. The Hall–Kier alpha value is -1.36. The number of rotatable bonds is 4. The second-order valence-corrected chi connectivity index (χ2v) is 19.0. The minimum Gasteiger partial charge on any atom is -0.272 e.